The number of hydrogen-bond acceptors (Lipinski definition) is 8. The van der Waals surface area contributed by atoms with Crippen molar-refractivity contribution < 1.29 is 18.0 Å². The lowest BCUT2D eigenvalue weighted by Gasteiger charge is -2.15. The number of allylic oxidation sites excluding steroid dienone is 1. The fourth-order valence-corrected chi connectivity index (χ4v) is 3.22. The average Bonchev–Trinajstić information content (AvgIpc) is 2.91. The second-order valence-corrected chi connectivity index (χ2v) is 8.22. The second-order valence-electron chi connectivity index (χ2n) is 8.22. The van der Waals surface area contributed by atoms with Crippen LogP contribution in [0.15, 0.2) is 71.6 Å². The van der Waals surface area contributed by atoms with Crippen molar-refractivity contribution in [3.05, 3.63) is 84.1 Å². The molecule has 1 heterocycles. The number of nitrogens with one attached hydrogen (secondary N) is 3. The number of aromatic nitrogens is 2. The number of rotatable bonds is 10. The van der Waals surface area contributed by atoms with E-state index in [4.69, 9.17) is 5.73 Å². The number of nitrogens with two attached hydrogens (primary N) is 1. The van der Waals surface area contributed by atoms with Crippen molar-refractivity contribution in [2.24, 2.45) is 10.7 Å². The molecule has 212 valence electrons. The standard InChI is InChI=1S/C26H27F3N8O.C2H6/c1-31-14-20(13-30)34-26-32-15-21(16-9-17(27)11-18(28)10-16)25(36-26)35-23-12-19(6-7-22(23)29)33-24(38)5-4-8-37(2)3;1-2/h4-7,9-15H,8,30H2,1-3H3,(H,33,38)(H2,32,34,35,36);1-2H3/b5-4+,20-13+,31-14?;. The summed E-state index contributed by atoms with van der Waals surface area (Å²) in [5.74, 6) is -2.58. The molecule has 0 saturated carbocycles. The lowest BCUT2D eigenvalue weighted by molar-refractivity contribution is -0.111. The van der Waals surface area contributed by atoms with Gasteiger partial charge in [0.25, 0.3) is 0 Å². The Morgan fingerprint density at radius 1 is 1.07 bits per heavy atom. The van der Waals surface area contributed by atoms with Crippen LogP contribution in [0.1, 0.15) is 13.8 Å². The van der Waals surface area contributed by atoms with Crippen LogP contribution in [0.4, 0.5) is 36.3 Å². The average molecular weight is 555 g/mol. The molecule has 0 saturated heterocycles. The topological polar surface area (TPSA) is 121 Å². The van der Waals surface area contributed by atoms with E-state index in [2.05, 4.69) is 30.9 Å². The maximum atomic E-state index is 14.8. The summed E-state index contributed by atoms with van der Waals surface area (Å²) in [6.45, 7) is 4.57. The number of benzene rings is 2. The lowest BCUT2D eigenvalue weighted by atomic mass is 10.1. The zero-order valence-corrected chi connectivity index (χ0v) is 23.0. The van der Waals surface area contributed by atoms with Crippen LogP contribution in [0.5, 0.6) is 0 Å². The molecule has 9 nitrogen and oxygen atoms in total. The fraction of sp³-hybridized carbons (Fsp3) is 0.214. The van der Waals surface area contributed by atoms with E-state index in [1.165, 1.54) is 36.8 Å². The van der Waals surface area contributed by atoms with E-state index in [1.54, 1.807) is 13.1 Å². The highest BCUT2D eigenvalue weighted by Gasteiger charge is 2.15. The molecule has 3 rings (SSSR count). The van der Waals surface area contributed by atoms with Gasteiger partial charge in [-0.3, -0.25) is 9.79 Å². The quantitative estimate of drug-likeness (QED) is 0.198. The highest BCUT2D eigenvalue weighted by molar-refractivity contribution is 5.99. The molecule has 0 aliphatic rings. The van der Waals surface area contributed by atoms with Gasteiger partial charge in [0.05, 0.1) is 11.4 Å². The first-order valence-electron chi connectivity index (χ1n) is 12.3. The van der Waals surface area contributed by atoms with E-state index >= 15 is 0 Å². The van der Waals surface area contributed by atoms with Gasteiger partial charge in [-0.25, -0.2) is 18.2 Å². The predicted octanol–water partition coefficient (Wildman–Crippen LogP) is 5.30. The number of hydrogen-bond donors (Lipinski definition) is 4. The maximum absolute atomic E-state index is 14.8. The number of anilines is 4. The molecule has 5 N–H and O–H groups in total. The SMILES string of the molecule is CC.CN=C/C(=C\N)Nc1ncc(-c2cc(F)cc(F)c2)c(Nc2cc(NC(=O)/C=C/CN(C)C)ccc2F)n1. The Labute approximate surface area is 231 Å². The lowest BCUT2D eigenvalue weighted by Crippen LogP contribution is -2.13. The molecule has 0 aliphatic carbocycles. The van der Waals surface area contributed by atoms with Crippen molar-refractivity contribution >= 4 is 35.3 Å². The first kappa shape index (κ1) is 31.5. The van der Waals surface area contributed by atoms with Gasteiger partial charge in [-0.15, -0.1) is 0 Å². The van der Waals surface area contributed by atoms with Crippen LogP contribution >= 0.6 is 0 Å². The summed E-state index contributed by atoms with van der Waals surface area (Å²) in [5, 5.41) is 8.35. The molecule has 2 aromatic carbocycles. The predicted molar refractivity (Wildman–Crippen MR) is 155 cm³/mol. The summed E-state index contributed by atoms with van der Waals surface area (Å²) >= 11 is 0. The normalized spacial score (nSPS) is 11.5. The van der Waals surface area contributed by atoms with Crippen molar-refractivity contribution in [2.45, 2.75) is 13.8 Å². The zero-order valence-electron chi connectivity index (χ0n) is 23.0. The van der Waals surface area contributed by atoms with Crippen LogP contribution in [0.25, 0.3) is 11.1 Å². The summed E-state index contributed by atoms with van der Waals surface area (Å²) in [7, 11) is 5.28. The van der Waals surface area contributed by atoms with Gasteiger partial charge < -0.3 is 26.6 Å². The first-order chi connectivity index (χ1) is 19.2. The minimum absolute atomic E-state index is 0.0329. The number of likely N-dealkylation sites (N-methyl/N-ethyl adjacent to an activating group) is 1. The third kappa shape index (κ3) is 9.55. The van der Waals surface area contributed by atoms with Crippen molar-refractivity contribution in [1.29, 1.82) is 0 Å². The smallest absolute Gasteiger partial charge is 0.248 e. The Kier molecular flexibility index (Phi) is 12.3. The summed E-state index contributed by atoms with van der Waals surface area (Å²) in [6, 6.07) is 6.86. The zero-order chi connectivity index (χ0) is 29.7. The molecule has 0 spiro atoms. The Bertz CT molecular complexity index is 1370. The van der Waals surface area contributed by atoms with E-state index in [0.29, 0.717) is 17.9 Å². The van der Waals surface area contributed by atoms with E-state index in [9.17, 15) is 18.0 Å². The van der Waals surface area contributed by atoms with Gasteiger partial charge in [0.15, 0.2) is 0 Å². The Morgan fingerprint density at radius 3 is 2.40 bits per heavy atom. The molecule has 3 aromatic rings. The molecular formula is C28H33F3N8O. The molecule has 40 heavy (non-hydrogen) atoms. The van der Waals surface area contributed by atoms with Gasteiger partial charge in [-0.05, 0) is 50.0 Å². The van der Waals surface area contributed by atoms with Crippen molar-refractivity contribution in [3.8, 4) is 11.1 Å². The number of amides is 1. The summed E-state index contributed by atoms with van der Waals surface area (Å²) in [5.41, 5.74) is 6.54. The van der Waals surface area contributed by atoms with Crippen LogP contribution < -0.4 is 21.7 Å². The number of halogens is 3. The highest BCUT2D eigenvalue weighted by Crippen LogP contribution is 2.32. The van der Waals surface area contributed by atoms with E-state index in [-0.39, 0.29) is 28.6 Å². The molecule has 1 aromatic heterocycles. The van der Waals surface area contributed by atoms with Gasteiger partial charge in [0.1, 0.15) is 23.3 Å². The van der Waals surface area contributed by atoms with Gasteiger partial charge in [0, 0.05) is 55.6 Å². The van der Waals surface area contributed by atoms with Crippen LogP contribution in [-0.2, 0) is 4.79 Å². The molecule has 0 atom stereocenters. The molecule has 12 heteroatoms. The number of carbonyl (C=O) groups is 1. The Morgan fingerprint density at radius 2 is 1.77 bits per heavy atom. The monoisotopic (exact) mass is 554 g/mol. The second kappa shape index (κ2) is 15.6. The Hall–Kier alpha value is -4.71. The summed E-state index contributed by atoms with van der Waals surface area (Å²) in [4.78, 5) is 26.5. The van der Waals surface area contributed by atoms with Gasteiger partial charge >= 0.3 is 0 Å². The molecule has 0 unspecified atom stereocenters. The van der Waals surface area contributed by atoms with Crippen LogP contribution in [0, 0.1) is 17.5 Å². The minimum atomic E-state index is -0.807. The number of nitrogens with zero attached hydrogens (tertiary/aromatic N) is 4. The molecule has 0 aliphatic heterocycles. The molecule has 1 amide bonds. The Balaban J connectivity index is 0.00000274. The molecule has 0 radical (unpaired) electrons. The van der Waals surface area contributed by atoms with Crippen LogP contribution in [-0.4, -0.2) is 54.7 Å². The van der Waals surface area contributed by atoms with Gasteiger partial charge in [-0.2, -0.15) is 4.98 Å². The largest absolute Gasteiger partial charge is 0.403 e. The van der Waals surface area contributed by atoms with E-state index in [1.807, 2.05) is 32.8 Å². The van der Waals surface area contributed by atoms with Gasteiger partial charge in [-0.1, -0.05) is 19.9 Å². The third-order valence-electron chi connectivity index (χ3n) is 4.89. The molecule has 0 fully saturated rings. The van der Waals surface area contributed by atoms with Crippen LogP contribution in [0.3, 0.4) is 0 Å². The van der Waals surface area contributed by atoms with Crippen molar-refractivity contribution in [2.75, 3.05) is 43.6 Å². The maximum Gasteiger partial charge on any atom is 0.248 e. The molecular weight excluding hydrogens is 521 g/mol. The highest BCUT2D eigenvalue weighted by atomic mass is 19.1. The van der Waals surface area contributed by atoms with Gasteiger partial charge in [0.2, 0.25) is 11.9 Å². The summed E-state index contributed by atoms with van der Waals surface area (Å²) < 4.78 is 42.7. The number of carbonyl (C=O) groups excluding carboxylic acids is 1. The van der Waals surface area contributed by atoms with Crippen LogP contribution in [0.2, 0.25) is 0 Å². The fourth-order valence-electron chi connectivity index (χ4n) is 3.22. The van der Waals surface area contributed by atoms with E-state index in [0.717, 1.165) is 24.3 Å². The third-order valence-corrected chi connectivity index (χ3v) is 4.89. The molecule has 0 bridgehead atoms. The number of aliphatic imine (C=N–C) groups is 1. The summed E-state index contributed by atoms with van der Waals surface area (Å²) in [6.07, 6.45) is 7.06. The van der Waals surface area contributed by atoms with E-state index < -0.39 is 23.4 Å². The minimum Gasteiger partial charge on any atom is -0.403 e. The van der Waals surface area contributed by atoms with Crippen molar-refractivity contribution in [1.82, 2.24) is 14.9 Å². The first-order valence-corrected chi connectivity index (χ1v) is 12.3. The van der Waals surface area contributed by atoms with Crippen molar-refractivity contribution in [3.63, 3.8) is 0 Å².